The van der Waals surface area contributed by atoms with Gasteiger partial charge in [0.1, 0.15) is 17.5 Å². The van der Waals surface area contributed by atoms with Crippen molar-refractivity contribution in [2.24, 2.45) is 0 Å². The number of anilines is 4. The molecule has 1 aromatic heterocycles. The van der Waals surface area contributed by atoms with Crippen LogP contribution in [-0.4, -0.2) is 16.5 Å². The molecule has 2 aromatic carbocycles. The SMILES string of the molecule is CCN(c1ccccc1)c1cc(Nc2cccc(C)c2)nc(C)n1. The van der Waals surface area contributed by atoms with E-state index < -0.39 is 0 Å². The van der Waals surface area contributed by atoms with Crippen molar-refractivity contribution in [2.75, 3.05) is 16.8 Å². The topological polar surface area (TPSA) is 41.0 Å². The smallest absolute Gasteiger partial charge is 0.138 e. The molecule has 0 aliphatic heterocycles. The number of hydrogen-bond acceptors (Lipinski definition) is 4. The summed E-state index contributed by atoms with van der Waals surface area (Å²) in [5.41, 5.74) is 3.37. The van der Waals surface area contributed by atoms with Crippen LogP contribution < -0.4 is 10.2 Å². The Hall–Kier alpha value is -2.88. The normalized spacial score (nSPS) is 10.5. The fraction of sp³-hybridized carbons (Fsp3) is 0.200. The van der Waals surface area contributed by atoms with E-state index in [0.717, 1.165) is 35.4 Å². The largest absolute Gasteiger partial charge is 0.340 e. The average molecular weight is 318 g/mol. The third-order valence-corrected chi connectivity index (χ3v) is 3.78. The predicted octanol–water partition coefficient (Wildman–Crippen LogP) is 5.00. The van der Waals surface area contributed by atoms with Crippen molar-refractivity contribution < 1.29 is 0 Å². The van der Waals surface area contributed by atoms with Crippen LogP contribution in [0.5, 0.6) is 0 Å². The maximum atomic E-state index is 4.62. The number of hydrogen-bond donors (Lipinski definition) is 1. The second-order valence-corrected chi connectivity index (χ2v) is 5.73. The molecule has 0 atom stereocenters. The highest BCUT2D eigenvalue weighted by Crippen LogP contribution is 2.26. The fourth-order valence-electron chi connectivity index (χ4n) is 2.71. The molecule has 0 fully saturated rings. The van der Waals surface area contributed by atoms with Crippen molar-refractivity contribution in [3.63, 3.8) is 0 Å². The Kier molecular flexibility index (Phi) is 4.75. The quantitative estimate of drug-likeness (QED) is 0.719. The molecule has 0 radical (unpaired) electrons. The van der Waals surface area contributed by atoms with Crippen LogP contribution in [-0.2, 0) is 0 Å². The average Bonchev–Trinajstić information content (AvgIpc) is 2.56. The summed E-state index contributed by atoms with van der Waals surface area (Å²) in [4.78, 5) is 11.3. The number of benzene rings is 2. The molecule has 4 heteroatoms. The molecule has 0 spiro atoms. The molecule has 0 saturated heterocycles. The molecule has 0 unspecified atom stereocenters. The third-order valence-electron chi connectivity index (χ3n) is 3.78. The Labute approximate surface area is 143 Å². The number of aromatic nitrogens is 2. The van der Waals surface area contributed by atoms with E-state index in [1.807, 2.05) is 43.3 Å². The standard InChI is InChI=1S/C20H22N4/c1-4-24(18-11-6-5-7-12-18)20-14-19(21-16(3)22-20)23-17-10-8-9-15(2)13-17/h5-14H,4H2,1-3H3,(H,21,22,23). The predicted molar refractivity (Wildman–Crippen MR) is 100 cm³/mol. The van der Waals surface area contributed by atoms with Crippen LogP contribution in [0.1, 0.15) is 18.3 Å². The van der Waals surface area contributed by atoms with Gasteiger partial charge in [-0.2, -0.15) is 0 Å². The van der Waals surface area contributed by atoms with E-state index in [1.54, 1.807) is 0 Å². The van der Waals surface area contributed by atoms with Gasteiger partial charge in [-0.3, -0.25) is 0 Å². The maximum absolute atomic E-state index is 4.62. The highest BCUT2D eigenvalue weighted by atomic mass is 15.2. The summed E-state index contributed by atoms with van der Waals surface area (Å²) in [6, 6.07) is 20.5. The van der Waals surface area contributed by atoms with Crippen LogP contribution in [0, 0.1) is 13.8 Å². The van der Waals surface area contributed by atoms with Crippen LogP contribution in [0.2, 0.25) is 0 Å². The third kappa shape index (κ3) is 3.71. The van der Waals surface area contributed by atoms with Crippen LogP contribution >= 0.6 is 0 Å². The fourth-order valence-corrected chi connectivity index (χ4v) is 2.71. The molecule has 0 aliphatic carbocycles. The molecular weight excluding hydrogens is 296 g/mol. The van der Waals surface area contributed by atoms with Crippen LogP contribution in [0.3, 0.4) is 0 Å². The molecule has 3 rings (SSSR count). The molecule has 1 N–H and O–H groups in total. The van der Waals surface area contributed by atoms with E-state index in [0.29, 0.717) is 0 Å². The molecule has 4 nitrogen and oxygen atoms in total. The van der Waals surface area contributed by atoms with Gasteiger partial charge in [0, 0.05) is 24.0 Å². The van der Waals surface area contributed by atoms with Gasteiger partial charge in [-0.15, -0.1) is 0 Å². The first-order valence-electron chi connectivity index (χ1n) is 8.17. The highest BCUT2D eigenvalue weighted by molar-refractivity contribution is 5.65. The van der Waals surface area contributed by atoms with E-state index in [9.17, 15) is 0 Å². The van der Waals surface area contributed by atoms with E-state index in [-0.39, 0.29) is 0 Å². The van der Waals surface area contributed by atoms with Crippen LogP contribution in [0.25, 0.3) is 0 Å². The first kappa shape index (κ1) is 16.0. The Morgan fingerprint density at radius 2 is 1.71 bits per heavy atom. The maximum Gasteiger partial charge on any atom is 0.138 e. The molecule has 0 amide bonds. The first-order chi connectivity index (χ1) is 11.7. The lowest BCUT2D eigenvalue weighted by atomic mass is 10.2. The minimum Gasteiger partial charge on any atom is -0.340 e. The van der Waals surface area contributed by atoms with Crippen molar-refractivity contribution >= 4 is 23.0 Å². The highest BCUT2D eigenvalue weighted by Gasteiger charge is 2.11. The number of nitrogens with one attached hydrogen (secondary N) is 1. The zero-order valence-corrected chi connectivity index (χ0v) is 14.3. The van der Waals surface area contributed by atoms with E-state index >= 15 is 0 Å². The zero-order valence-electron chi connectivity index (χ0n) is 14.3. The number of para-hydroxylation sites is 1. The lowest BCUT2D eigenvalue weighted by Crippen LogP contribution is -2.18. The van der Waals surface area contributed by atoms with Gasteiger partial charge in [-0.05, 0) is 50.6 Å². The number of rotatable bonds is 5. The molecule has 0 saturated carbocycles. The van der Waals surface area contributed by atoms with Gasteiger partial charge in [-0.25, -0.2) is 9.97 Å². The summed E-state index contributed by atoms with van der Waals surface area (Å²) in [6.07, 6.45) is 0. The van der Waals surface area contributed by atoms with E-state index in [1.165, 1.54) is 5.56 Å². The van der Waals surface area contributed by atoms with Gasteiger partial charge in [0.15, 0.2) is 0 Å². The van der Waals surface area contributed by atoms with Crippen LogP contribution in [0.4, 0.5) is 23.0 Å². The molecule has 1 heterocycles. The summed E-state index contributed by atoms with van der Waals surface area (Å²) in [5.74, 6) is 2.45. The number of nitrogens with zero attached hydrogens (tertiary/aromatic N) is 3. The second-order valence-electron chi connectivity index (χ2n) is 5.73. The lowest BCUT2D eigenvalue weighted by Gasteiger charge is -2.23. The van der Waals surface area contributed by atoms with Gasteiger partial charge < -0.3 is 10.2 Å². The number of aryl methyl sites for hydroxylation is 2. The molecular formula is C20H22N4. The second kappa shape index (κ2) is 7.13. The minimum absolute atomic E-state index is 0.747. The minimum atomic E-state index is 0.747. The Balaban J connectivity index is 1.93. The molecule has 3 aromatic rings. The van der Waals surface area contributed by atoms with Gasteiger partial charge in [0.2, 0.25) is 0 Å². The molecule has 24 heavy (non-hydrogen) atoms. The van der Waals surface area contributed by atoms with Crippen molar-refractivity contribution in [3.05, 3.63) is 72.1 Å². The van der Waals surface area contributed by atoms with Crippen molar-refractivity contribution in [1.82, 2.24) is 9.97 Å². The van der Waals surface area contributed by atoms with Gasteiger partial charge >= 0.3 is 0 Å². The summed E-state index contributed by atoms with van der Waals surface area (Å²) in [7, 11) is 0. The summed E-state index contributed by atoms with van der Waals surface area (Å²) in [5, 5.41) is 3.38. The Morgan fingerprint density at radius 3 is 2.42 bits per heavy atom. The van der Waals surface area contributed by atoms with E-state index in [2.05, 4.69) is 58.3 Å². The first-order valence-corrected chi connectivity index (χ1v) is 8.17. The lowest BCUT2D eigenvalue weighted by molar-refractivity contribution is 0.953. The van der Waals surface area contributed by atoms with Gasteiger partial charge in [-0.1, -0.05) is 30.3 Å². The summed E-state index contributed by atoms with van der Waals surface area (Å²) >= 11 is 0. The van der Waals surface area contributed by atoms with Gasteiger partial charge in [0.05, 0.1) is 0 Å². The molecule has 122 valence electrons. The summed E-state index contributed by atoms with van der Waals surface area (Å²) < 4.78 is 0. The van der Waals surface area contributed by atoms with Crippen LogP contribution in [0.15, 0.2) is 60.7 Å². The molecule has 0 bridgehead atoms. The van der Waals surface area contributed by atoms with Crippen molar-refractivity contribution in [3.8, 4) is 0 Å². The van der Waals surface area contributed by atoms with Gasteiger partial charge in [0.25, 0.3) is 0 Å². The molecule has 0 aliphatic rings. The van der Waals surface area contributed by atoms with Crippen molar-refractivity contribution in [1.29, 1.82) is 0 Å². The monoisotopic (exact) mass is 318 g/mol. The Bertz CT molecular complexity index is 815. The van der Waals surface area contributed by atoms with E-state index in [4.69, 9.17) is 0 Å². The van der Waals surface area contributed by atoms with Crippen molar-refractivity contribution in [2.45, 2.75) is 20.8 Å². The summed E-state index contributed by atoms with van der Waals surface area (Å²) in [6.45, 7) is 6.96. The Morgan fingerprint density at radius 1 is 0.917 bits per heavy atom. The zero-order chi connectivity index (χ0) is 16.9.